The van der Waals surface area contributed by atoms with E-state index in [1.807, 2.05) is 47.0 Å². The van der Waals surface area contributed by atoms with Crippen LogP contribution in [0, 0.1) is 18.5 Å². The molecule has 5 nitrogen and oxygen atoms in total. The van der Waals surface area contributed by atoms with Crippen LogP contribution in [0.4, 0.5) is 0 Å². The number of nitrogens with zero attached hydrogens (tertiary/aromatic N) is 4. The van der Waals surface area contributed by atoms with Gasteiger partial charge in [0.1, 0.15) is 5.82 Å². The van der Waals surface area contributed by atoms with Gasteiger partial charge in [-0.2, -0.15) is 18.2 Å². The van der Waals surface area contributed by atoms with E-state index in [1.165, 1.54) is 47.0 Å². The summed E-state index contributed by atoms with van der Waals surface area (Å²) in [4.78, 5) is 4.80. The third-order valence-corrected chi connectivity index (χ3v) is 15.2. The van der Waals surface area contributed by atoms with Gasteiger partial charge in [-0.1, -0.05) is 226 Å². The fourth-order valence-corrected chi connectivity index (χ4v) is 11.0. The van der Waals surface area contributed by atoms with Crippen LogP contribution in [-0.2, 0) is 42.7 Å². The summed E-state index contributed by atoms with van der Waals surface area (Å²) < 4.78 is 319. The Hall–Kier alpha value is -8.89. The second kappa shape index (κ2) is 21.8. The maximum atomic E-state index is 10.7. The summed E-state index contributed by atoms with van der Waals surface area (Å²) in [5.41, 5.74) is -17.0. The molecule has 1 aliphatic rings. The van der Waals surface area contributed by atoms with Gasteiger partial charge in [-0.05, 0) is 159 Å². The van der Waals surface area contributed by atoms with Crippen molar-refractivity contribution in [2.24, 2.45) is 0 Å². The summed E-state index contributed by atoms with van der Waals surface area (Å²) in [5.74, 6) is 0.704. The molecule has 0 N–H and O–H groups in total. The van der Waals surface area contributed by atoms with Crippen LogP contribution in [0.25, 0.3) is 106 Å². The standard InChI is InChI=1S/C81H70N4O.Pt/c1-78(2,3)61-39-40-82-76(48-61)85-72-32-21-20-31-66(72)67-36-35-65(50-74(67)85)86-64-30-22-29-63(49-64)83-52-84(73-38-34-56(45-75(73)83)53-23-14-11-15-24-53)77-68(57-33-37-70-71(44-57)81(9,10)51-80(70,7)8)46-62(79(4,5)6)47-69(77)60-42-58(54-25-16-12-17-26-54)41-59(43-60)55-27-18-13-19-28-55;/h11-48H,51H2,1-10H3;/q-2;/i7D3,8D3,9D3,10D3,11D,12D,13D,14D,15D,16D,17D,18D,19D,23D,24D,25D,26D,27D,28D,33D,37D,41D,42D,43D,44D;. The van der Waals surface area contributed by atoms with Gasteiger partial charge in [-0.15, -0.1) is 29.7 Å². The van der Waals surface area contributed by atoms with Crippen LogP contribution >= 0.6 is 0 Å². The van der Waals surface area contributed by atoms with Crippen molar-refractivity contribution in [2.45, 2.75) is 97.0 Å². The van der Waals surface area contributed by atoms with Crippen molar-refractivity contribution < 1.29 is 75.6 Å². The Bertz CT molecular complexity index is 6350. The van der Waals surface area contributed by atoms with Gasteiger partial charge in [0.15, 0.2) is 0 Å². The number of fused-ring (bicyclic) bond motifs is 5. The van der Waals surface area contributed by atoms with E-state index in [2.05, 4.69) is 39.2 Å². The summed E-state index contributed by atoms with van der Waals surface area (Å²) in [5, 5.41) is 1.64. The van der Waals surface area contributed by atoms with E-state index in [1.54, 1.807) is 39.1 Å². The molecule has 3 heterocycles. The Balaban J connectivity index is 0.0000124. The molecule has 1 aliphatic carbocycles. The summed E-state index contributed by atoms with van der Waals surface area (Å²) in [7, 11) is 0. The number of rotatable bonds is 10. The average molecular weight is 1340 g/mol. The van der Waals surface area contributed by atoms with Crippen molar-refractivity contribution in [1.29, 1.82) is 0 Å². The molecule has 0 bridgehead atoms. The number of imidazole rings is 1. The molecule has 0 saturated heterocycles. The molecule has 0 unspecified atom stereocenters. The van der Waals surface area contributed by atoms with Gasteiger partial charge in [0.25, 0.3) is 6.33 Å². The molecular formula is C81H70N4OPt-2. The number of hydrogen-bond donors (Lipinski definition) is 0. The molecule has 87 heavy (non-hydrogen) atoms. The molecule has 0 aliphatic heterocycles. The smallest absolute Gasteiger partial charge is 0.268 e. The zero-order chi connectivity index (χ0) is 87.6. The Labute approximate surface area is 573 Å². The number of hydrogen-bond acceptors (Lipinski definition) is 2. The molecule has 0 spiro atoms. The van der Waals surface area contributed by atoms with Gasteiger partial charge in [-0.25, -0.2) is 4.98 Å². The molecule has 0 saturated carbocycles. The SMILES string of the molecule is [2H]c1c([2H])c([2H])c(-c2ccc3c(c2)n(-c2[c-]c(Oc4[c-]c5c(cc4)c4ccccc4n5-c4cc(C(C)(C)C)ccn4)ccc2)[c-][n+]3-c2c(-c3c([2H])c(-c4c([2H])c([2H])c([2H])c([2H])c4[2H])c([2H])c(-c4c([2H])c([2H])c([2H])c([2H])c4[2H])c3[2H])cc(C(C)(C)C)cc2-c2c([2H])c([2H])c3c(c2[2H])C(C([2H])([2H])[2H])(C([2H])([2H])[2H])CC3(C([2H])([2H])[2H])C([2H])([2H])[2H])c([2H])c1[2H].[Pt]. The van der Waals surface area contributed by atoms with Crippen LogP contribution in [0.3, 0.4) is 0 Å². The van der Waals surface area contributed by atoms with Crippen LogP contribution in [0.1, 0.15) is 143 Å². The summed E-state index contributed by atoms with van der Waals surface area (Å²) in [6, 6.07) is 12.1. The van der Waals surface area contributed by atoms with Crippen molar-refractivity contribution in [3.63, 3.8) is 0 Å². The number of para-hydroxylation sites is 1. The minimum absolute atomic E-state index is 0. The topological polar surface area (TPSA) is 35.9 Å². The van der Waals surface area contributed by atoms with E-state index in [-0.39, 0.29) is 71.4 Å². The minimum Gasteiger partial charge on any atom is -0.510 e. The van der Waals surface area contributed by atoms with Crippen molar-refractivity contribution in [3.05, 3.63) is 271 Å². The number of benzene rings is 10. The van der Waals surface area contributed by atoms with Gasteiger partial charge in [0.05, 0.1) is 45.5 Å². The van der Waals surface area contributed by atoms with Gasteiger partial charge >= 0.3 is 0 Å². The predicted molar refractivity (Wildman–Crippen MR) is 355 cm³/mol. The van der Waals surface area contributed by atoms with E-state index in [0.29, 0.717) is 11.3 Å². The van der Waals surface area contributed by atoms with Crippen molar-refractivity contribution in [1.82, 2.24) is 14.1 Å². The predicted octanol–water partition coefficient (Wildman–Crippen LogP) is 20.5. The number of ether oxygens (including phenoxy) is 1. The molecule has 6 heteroatoms. The van der Waals surface area contributed by atoms with E-state index in [4.69, 9.17) is 30.3 Å². The van der Waals surface area contributed by atoms with Crippen LogP contribution in [0.5, 0.6) is 11.5 Å². The Morgan fingerprint density at radius 1 is 0.529 bits per heavy atom. The first-order valence-electron chi connectivity index (χ1n) is 43.9. The Kier molecular flexibility index (Phi) is 7.68. The second-order valence-corrected chi connectivity index (χ2v) is 23.2. The average Bonchev–Trinajstić information content (AvgIpc) is 1.48. The van der Waals surface area contributed by atoms with Crippen LogP contribution in [-0.4, -0.2) is 14.1 Å². The summed E-state index contributed by atoms with van der Waals surface area (Å²) in [6.45, 7) is -4.86. The summed E-state index contributed by atoms with van der Waals surface area (Å²) in [6.07, 6.45) is 3.17. The summed E-state index contributed by atoms with van der Waals surface area (Å²) >= 11 is 0. The van der Waals surface area contributed by atoms with Crippen LogP contribution in [0.15, 0.2) is 230 Å². The van der Waals surface area contributed by atoms with E-state index in [0.717, 1.165) is 26.4 Å². The first kappa shape index (κ1) is 30.6. The Morgan fingerprint density at radius 2 is 1.15 bits per heavy atom. The van der Waals surface area contributed by atoms with Crippen LogP contribution < -0.4 is 9.30 Å². The maximum absolute atomic E-state index is 10.7. The minimum atomic E-state index is -4.02. The molecular weight excluding hydrogens is 1240 g/mol. The van der Waals surface area contributed by atoms with Gasteiger partial charge < -0.3 is 13.9 Å². The first-order chi connectivity index (χ1) is 55.1. The molecule has 0 radical (unpaired) electrons. The molecule has 10 aromatic carbocycles. The molecule has 13 aromatic rings. The maximum Gasteiger partial charge on any atom is 0.268 e. The molecule has 0 atom stereocenters. The molecule has 0 amide bonds. The molecule has 0 fully saturated rings. The van der Waals surface area contributed by atoms with Crippen molar-refractivity contribution in [3.8, 4) is 84.3 Å². The monoisotopic (exact) mass is 1340 g/mol. The fraction of sp³-hybridized carbons (Fsp3) is 0.185. The normalized spacial score (nSPS) is 19.7. The van der Waals surface area contributed by atoms with Gasteiger partial charge in [0.2, 0.25) is 0 Å². The first-order valence-corrected chi connectivity index (χ1v) is 27.4. The van der Waals surface area contributed by atoms with E-state index in [9.17, 15) is 24.7 Å². The number of aromatic nitrogens is 4. The zero-order valence-electron chi connectivity index (χ0n) is 80.5. The zero-order valence-corrected chi connectivity index (χ0v) is 49.8. The molecule has 432 valence electrons. The van der Waals surface area contributed by atoms with Crippen molar-refractivity contribution >= 4 is 32.8 Å². The third-order valence-electron chi connectivity index (χ3n) is 15.2. The fourth-order valence-electron chi connectivity index (χ4n) is 11.0. The van der Waals surface area contributed by atoms with Crippen molar-refractivity contribution in [2.75, 3.05) is 0 Å². The van der Waals surface area contributed by atoms with Crippen LogP contribution in [0.2, 0.25) is 0 Å². The molecule has 3 aromatic heterocycles. The quantitative estimate of drug-likeness (QED) is 0.101. The largest absolute Gasteiger partial charge is 0.510 e. The second-order valence-electron chi connectivity index (χ2n) is 23.2. The Morgan fingerprint density at radius 3 is 1.82 bits per heavy atom. The number of pyridine rings is 1. The van der Waals surface area contributed by atoms with Gasteiger partial charge in [-0.3, -0.25) is 4.57 Å². The van der Waals surface area contributed by atoms with Gasteiger partial charge in [0, 0.05) is 60.7 Å². The third kappa shape index (κ3) is 10.5. The van der Waals surface area contributed by atoms with E-state index >= 15 is 0 Å². The molecule has 14 rings (SSSR count). The van der Waals surface area contributed by atoms with E-state index < -0.39 is 238 Å².